The van der Waals surface area contributed by atoms with E-state index in [-0.39, 0.29) is 0 Å². The Kier molecular flexibility index (Phi) is 2.29. The van der Waals surface area contributed by atoms with E-state index in [1.165, 1.54) is 0 Å². The molecule has 14 heavy (non-hydrogen) atoms. The number of nitrogens with two attached hydrogens (primary N) is 1. The van der Waals surface area contributed by atoms with E-state index in [1.807, 2.05) is 25.1 Å². The fourth-order valence-electron chi connectivity index (χ4n) is 1.32. The van der Waals surface area contributed by atoms with Gasteiger partial charge < -0.3 is 10.3 Å². The molecule has 0 atom stereocenters. The summed E-state index contributed by atoms with van der Waals surface area (Å²) >= 11 is 3.40. The molecule has 0 unspecified atom stereocenters. The lowest BCUT2D eigenvalue weighted by Crippen LogP contribution is -1.81. The van der Waals surface area contributed by atoms with Gasteiger partial charge in [-0.3, -0.25) is 0 Å². The summed E-state index contributed by atoms with van der Waals surface area (Å²) in [5.41, 5.74) is 7.61. The first-order valence-electron chi connectivity index (χ1n) is 4.15. The van der Waals surface area contributed by atoms with Gasteiger partial charge in [0.25, 0.3) is 0 Å². The van der Waals surface area contributed by atoms with Crippen LogP contribution in [0, 0.1) is 6.92 Å². The van der Waals surface area contributed by atoms with Gasteiger partial charge in [-0.1, -0.05) is 21.1 Å². The molecule has 0 saturated heterocycles. The Morgan fingerprint density at radius 3 is 2.71 bits per heavy atom. The molecule has 0 aliphatic heterocycles. The van der Waals surface area contributed by atoms with E-state index in [0.29, 0.717) is 11.6 Å². The number of aromatic nitrogens is 1. The number of halogens is 1. The van der Waals surface area contributed by atoms with Crippen LogP contribution in [0.5, 0.6) is 0 Å². The minimum Gasteiger partial charge on any atom is -0.381 e. The monoisotopic (exact) mass is 252 g/mol. The highest BCUT2D eigenvalue weighted by Gasteiger charge is 2.07. The third-order valence-corrected chi connectivity index (χ3v) is 2.48. The largest absolute Gasteiger partial charge is 0.381 e. The first kappa shape index (κ1) is 9.27. The molecule has 0 radical (unpaired) electrons. The number of rotatable bonds is 1. The lowest BCUT2D eigenvalue weighted by molar-refractivity contribution is 0.435. The van der Waals surface area contributed by atoms with Crippen LogP contribution in [0.25, 0.3) is 11.3 Å². The van der Waals surface area contributed by atoms with Crippen molar-refractivity contribution in [2.24, 2.45) is 0 Å². The van der Waals surface area contributed by atoms with Gasteiger partial charge in [0.2, 0.25) is 0 Å². The van der Waals surface area contributed by atoms with Crippen LogP contribution >= 0.6 is 15.9 Å². The lowest BCUT2D eigenvalue weighted by atomic mass is 10.1. The Labute approximate surface area is 90.0 Å². The zero-order valence-electron chi connectivity index (χ0n) is 7.62. The lowest BCUT2D eigenvalue weighted by Gasteiger charge is -2.01. The zero-order chi connectivity index (χ0) is 10.1. The summed E-state index contributed by atoms with van der Waals surface area (Å²) < 4.78 is 6.13. The number of nitrogen functional groups attached to an aromatic ring is 1. The highest BCUT2D eigenvalue weighted by molar-refractivity contribution is 9.10. The van der Waals surface area contributed by atoms with Gasteiger partial charge in [0.1, 0.15) is 0 Å². The van der Waals surface area contributed by atoms with Gasteiger partial charge in [0.15, 0.2) is 11.6 Å². The van der Waals surface area contributed by atoms with Crippen LogP contribution in [0.2, 0.25) is 0 Å². The van der Waals surface area contributed by atoms with Crippen LogP contribution in [-0.2, 0) is 0 Å². The van der Waals surface area contributed by atoms with Crippen molar-refractivity contribution in [2.75, 3.05) is 5.73 Å². The van der Waals surface area contributed by atoms with Crippen molar-refractivity contribution in [1.82, 2.24) is 5.16 Å². The van der Waals surface area contributed by atoms with E-state index in [1.54, 1.807) is 6.07 Å². The van der Waals surface area contributed by atoms with E-state index >= 15 is 0 Å². The molecule has 0 bridgehead atoms. The van der Waals surface area contributed by atoms with E-state index in [2.05, 4.69) is 21.1 Å². The molecule has 2 aromatic rings. The van der Waals surface area contributed by atoms with Gasteiger partial charge in [-0.25, -0.2) is 0 Å². The van der Waals surface area contributed by atoms with Gasteiger partial charge in [-0.15, -0.1) is 0 Å². The van der Waals surface area contributed by atoms with Crippen molar-refractivity contribution in [3.05, 3.63) is 34.3 Å². The molecule has 0 spiro atoms. The molecule has 0 saturated carbocycles. The average molecular weight is 253 g/mol. The average Bonchev–Trinajstić information content (AvgIpc) is 2.51. The smallest absolute Gasteiger partial charge is 0.169 e. The maximum absolute atomic E-state index is 5.48. The van der Waals surface area contributed by atoms with Gasteiger partial charge in [-0.2, -0.15) is 0 Å². The second-order valence-electron chi connectivity index (χ2n) is 3.08. The van der Waals surface area contributed by atoms with Crippen molar-refractivity contribution in [3.8, 4) is 11.3 Å². The Morgan fingerprint density at radius 2 is 2.14 bits per heavy atom. The minimum atomic E-state index is 0.405. The molecule has 3 nitrogen and oxygen atoms in total. The summed E-state index contributed by atoms with van der Waals surface area (Å²) in [5, 5.41) is 3.65. The molecule has 2 rings (SSSR count). The zero-order valence-corrected chi connectivity index (χ0v) is 9.21. The third-order valence-electron chi connectivity index (χ3n) is 1.98. The van der Waals surface area contributed by atoms with E-state index in [4.69, 9.17) is 10.3 Å². The number of hydrogen-bond donors (Lipinski definition) is 1. The Balaban J connectivity index is 2.52. The van der Waals surface area contributed by atoms with Crippen molar-refractivity contribution in [1.29, 1.82) is 0 Å². The molecular formula is C10H9BrN2O. The van der Waals surface area contributed by atoms with Crippen LogP contribution in [0.4, 0.5) is 5.82 Å². The number of anilines is 1. The number of benzene rings is 1. The molecule has 0 fully saturated rings. The highest BCUT2D eigenvalue weighted by atomic mass is 79.9. The summed E-state index contributed by atoms with van der Waals surface area (Å²) in [4.78, 5) is 0. The molecule has 4 heteroatoms. The van der Waals surface area contributed by atoms with Crippen molar-refractivity contribution in [3.63, 3.8) is 0 Å². The molecule has 0 aliphatic carbocycles. The Morgan fingerprint density at radius 1 is 1.36 bits per heavy atom. The molecule has 0 aliphatic rings. The quantitative estimate of drug-likeness (QED) is 0.849. The molecule has 1 aromatic heterocycles. The highest BCUT2D eigenvalue weighted by Crippen LogP contribution is 2.26. The van der Waals surface area contributed by atoms with Crippen molar-refractivity contribution >= 4 is 21.7 Å². The van der Waals surface area contributed by atoms with Crippen LogP contribution in [0.15, 0.2) is 33.3 Å². The second kappa shape index (κ2) is 3.46. The van der Waals surface area contributed by atoms with E-state index in [9.17, 15) is 0 Å². The predicted molar refractivity (Wildman–Crippen MR) is 58.8 cm³/mol. The first-order valence-corrected chi connectivity index (χ1v) is 4.95. The van der Waals surface area contributed by atoms with E-state index in [0.717, 1.165) is 15.6 Å². The summed E-state index contributed by atoms with van der Waals surface area (Å²) in [7, 11) is 0. The van der Waals surface area contributed by atoms with E-state index < -0.39 is 0 Å². The summed E-state index contributed by atoms with van der Waals surface area (Å²) in [6.07, 6.45) is 0. The van der Waals surface area contributed by atoms with Gasteiger partial charge in [0, 0.05) is 16.1 Å². The Hall–Kier alpha value is -1.29. The molecule has 1 heterocycles. The van der Waals surface area contributed by atoms with Gasteiger partial charge in [-0.05, 0) is 30.7 Å². The van der Waals surface area contributed by atoms with Crippen LogP contribution in [0.1, 0.15) is 5.56 Å². The maximum Gasteiger partial charge on any atom is 0.169 e. The topological polar surface area (TPSA) is 52.0 Å². The number of nitrogens with zero attached hydrogens (tertiary/aromatic N) is 1. The third kappa shape index (κ3) is 1.65. The molecule has 1 aromatic carbocycles. The van der Waals surface area contributed by atoms with Crippen LogP contribution in [0.3, 0.4) is 0 Å². The fourth-order valence-corrected chi connectivity index (χ4v) is 1.79. The molecular weight excluding hydrogens is 244 g/mol. The predicted octanol–water partition coefficient (Wildman–Crippen LogP) is 2.99. The standard InChI is InChI=1S/C10H9BrN2O/c1-6-4-7(11)2-3-8(6)9-5-10(12)13-14-9/h2-5H,1H3,(H2,12,13). The normalized spacial score (nSPS) is 10.4. The van der Waals surface area contributed by atoms with Crippen LogP contribution < -0.4 is 5.73 Å². The van der Waals surface area contributed by atoms with Crippen molar-refractivity contribution < 1.29 is 4.52 Å². The Bertz CT molecular complexity index is 465. The number of aryl methyl sites for hydroxylation is 1. The molecule has 2 N–H and O–H groups in total. The van der Waals surface area contributed by atoms with Crippen molar-refractivity contribution in [2.45, 2.75) is 6.92 Å². The van der Waals surface area contributed by atoms with Crippen LogP contribution in [-0.4, -0.2) is 5.16 Å². The van der Waals surface area contributed by atoms with Gasteiger partial charge in [0.05, 0.1) is 0 Å². The SMILES string of the molecule is Cc1cc(Br)ccc1-c1cc(N)no1. The maximum atomic E-state index is 5.48. The number of hydrogen-bond acceptors (Lipinski definition) is 3. The summed E-state index contributed by atoms with van der Waals surface area (Å²) in [5.74, 6) is 1.11. The molecule has 72 valence electrons. The first-order chi connectivity index (χ1) is 6.66. The van der Waals surface area contributed by atoms with Gasteiger partial charge >= 0.3 is 0 Å². The second-order valence-corrected chi connectivity index (χ2v) is 3.99. The molecule has 0 amide bonds. The fraction of sp³-hybridized carbons (Fsp3) is 0.100. The summed E-state index contributed by atoms with van der Waals surface area (Å²) in [6, 6.07) is 7.67. The minimum absolute atomic E-state index is 0.405. The summed E-state index contributed by atoms with van der Waals surface area (Å²) in [6.45, 7) is 2.01.